The average Bonchev–Trinajstić information content (AvgIpc) is 3.77. The lowest BCUT2D eigenvalue weighted by molar-refractivity contribution is -0.137. The summed E-state index contributed by atoms with van der Waals surface area (Å²) in [4.78, 5) is 3.98. The number of fused-ring (bicyclic) bond motifs is 6. The molecule has 0 atom stereocenters. The van der Waals surface area contributed by atoms with E-state index in [1.54, 1.807) is 0 Å². The standard InChI is InChI=1S/C53H33F3N4/c1-32-12-4-6-14-38(32)34-20-24-49-44(27-34)41-16-8-10-18-47(41)59(49)51-29-43(40-23-22-37(53(54,55)56)26-36(40)31-57)46(58-3)30-52(51)60-48-19-11-9-17-42(48)45-28-35(21-25-50(45)60)39-15-7-5-13-33(39)2/h4-30H,1-2H3. The van der Waals surface area contributed by atoms with Crippen LogP contribution in [0.5, 0.6) is 0 Å². The molecule has 0 aliphatic heterocycles. The summed E-state index contributed by atoms with van der Waals surface area (Å²) in [5, 5.41) is 14.4. The lowest BCUT2D eigenvalue weighted by Gasteiger charge is -2.20. The lowest BCUT2D eigenvalue weighted by atomic mass is 9.95. The highest BCUT2D eigenvalue weighted by Gasteiger charge is 2.32. The van der Waals surface area contributed by atoms with Gasteiger partial charge in [-0.2, -0.15) is 18.4 Å². The number of halogens is 3. The summed E-state index contributed by atoms with van der Waals surface area (Å²) in [6, 6.07) is 54.7. The zero-order chi connectivity index (χ0) is 41.3. The summed E-state index contributed by atoms with van der Waals surface area (Å²) in [7, 11) is 0. The Morgan fingerprint density at radius 3 is 1.48 bits per heavy atom. The molecule has 286 valence electrons. The summed E-state index contributed by atoms with van der Waals surface area (Å²) in [6.07, 6.45) is -4.64. The van der Waals surface area contributed by atoms with Gasteiger partial charge in [-0.3, -0.25) is 0 Å². The number of hydrogen-bond acceptors (Lipinski definition) is 1. The Balaban J connectivity index is 1.33. The van der Waals surface area contributed by atoms with Gasteiger partial charge in [0, 0.05) is 21.5 Å². The lowest BCUT2D eigenvalue weighted by Crippen LogP contribution is -2.06. The van der Waals surface area contributed by atoms with Crippen LogP contribution in [-0.2, 0) is 6.18 Å². The minimum Gasteiger partial charge on any atom is -0.308 e. The fraction of sp³-hybridized carbons (Fsp3) is 0.0566. The summed E-state index contributed by atoms with van der Waals surface area (Å²) < 4.78 is 46.2. The molecule has 0 saturated carbocycles. The predicted octanol–water partition coefficient (Wildman–Crippen LogP) is 14.9. The SMILES string of the molecule is [C-]#[N+]c1cc(-n2c3ccccc3c3cc(-c4ccccc4C)ccc32)c(-n2c3ccccc3c3cc(-c4ccccc4C)ccc32)cc1-c1ccc(C(F)(F)F)cc1C#N. The van der Waals surface area contributed by atoms with E-state index in [2.05, 4.69) is 113 Å². The van der Waals surface area contributed by atoms with E-state index in [-0.39, 0.29) is 16.8 Å². The van der Waals surface area contributed by atoms with Crippen LogP contribution in [0.2, 0.25) is 0 Å². The Labute approximate surface area is 344 Å². The molecular formula is C53H33F3N4. The molecule has 4 nitrogen and oxygen atoms in total. The maximum Gasteiger partial charge on any atom is 0.416 e. The Morgan fingerprint density at radius 1 is 0.500 bits per heavy atom. The fourth-order valence-corrected chi connectivity index (χ4v) is 8.87. The molecule has 0 fully saturated rings. The smallest absolute Gasteiger partial charge is 0.308 e. The van der Waals surface area contributed by atoms with Crippen molar-refractivity contribution in [3.63, 3.8) is 0 Å². The molecular weight excluding hydrogens is 750 g/mol. The third-order valence-electron chi connectivity index (χ3n) is 11.7. The van der Waals surface area contributed by atoms with Gasteiger partial charge in [0.2, 0.25) is 0 Å². The molecule has 60 heavy (non-hydrogen) atoms. The molecule has 0 aliphatic carbocycles. The second-order valence-electron chi connectivity index (χ2n) is 15.1. The van der Waals surface area contributed by atoms with E-state index < -0.39 is 11.7 Å². The van der Waals surface area contributed by atoms with Crippen molar-refractivity contribution in [1.29, 1.82) is 5.26 Å². The summed E-state index contributed by atoms with van der Waals surface area (Å²) in [5.74, 6) is 0. The molecule has 10 rings (SSSR count). The Hall–Kier alpha value is -7.87. The van der Waals surface area contributed by atoms with E-state index >= 15 is 0 Å². The zero-order valence-corrected chi connectivity index (χ0v) is 32.5. The number of hydrogen-bond donors (Lipinski definition) is 0. The number of aryl methyl sites for hydroxylation is 2. The normalized spacial score (nSPS) is 11.7. The van der Waals surface area contributed by atoms with Crippen LogP contribution in [0.15, 0.2) is 164 Å². The van der Waals surface area contributed by atoms with Crippen LogP contribution in [0.3, 0.4) is 0 Å². The summed E-state index contributed by atoms with van der Waals surface area (Å²) in [5.41, 5.74) is 11.5. The minimum absolute atomic E-state index is 0.167. The highest BCUT2D eigenvalue weighted by molar-refractivity contribution is 6.13. The molecule has 0 N–H and O–H groups in total. The van der Waals surface area contributed by atoms with Crippen molar-refractivity contribution in [2.45, 2.75) is 20.0 Å². The number of para-hydroxylation sites is 2. The number of rotatable bonds is 5. The van der Waals surface area contributed by atoms with E-state index in [9.17, 15) is 18.4 Å². The first-order valence-electron chi connectivity index (χ1n) is 19.5. The van der Waals surface area contributed by atoms with Crippen LogP contribution in [-0.4, -0.2) is 9.13 Å². The van der Waals surface area contributed by atoms with Crippen molar-refractivity contribution in [3.8, 4) is 50.8 Å². The number of benzene rings is 8. The first kappa shape index (κ1) is 36.5. The van der Waals surface area contributed by atoms with Gasteiger partial charge in [0.1, 0.15) is 0 Å². The molecule has 0 saturated heterocycles. The molecule has 10 aromatic rings. The number of nitriles is 1. The van der Waals surface area contributed by atoms with Crippen molar-refractivity contribution >= 4 is 49.3 Å². The molecule has 2 aromatic heterocycles. The molecule has 0 spiro atoms. The molecule has 2 heterocycles. The number of alkyl halides is 3. The van der Waals surface area contributed by atoms with Crippen LogP contribution < -0.4 is 0 Å². The Bertz CT molecular complexity index is 3480. The summed E-state index contributed by atoms with van der Waals surface area (Å²) in [6.45, 7) is 12.7. The molecule has 0 unspecified atom stereocenters. The van der Waals surface area contributed by atoms with Gasteiger partial charge in [-0.05, 0) is 119 Å². The topological polar surface area (TPSA) is 38.0 Å². The minimum atomic E-state index is -4.64. The molecule has 8 aromatic carbocycles. The maximum absolute atomic E-state index is 13.9. The molecule has 0 bridgehead atoms. The predicted molar refractivity (Wildman–Crippen MR) is 237 cm³/mol. The van der Waals surface area contributed by atoms with Gasteiger partial charge in [0.25, 0.3) is 0 Å². The van der Waals surface area contributed by atoms with Gasteiger partial charge in [-0.1, -0.05) is 103 Å². The van der Waals surface area contributed by atoms with Gasteiger partial charge >= 0.3 is 6.18 Å². The van der Waals surface area contributed by atoms with Crippen molar-refractivity contribution in [2.24, 2.45) is 0 Å². The van der Waals surface area contributed by atoms with Crippen LogP contribution in [0.25, 0.3) is 93.2 Å². The quantitative estimate of drug-likeness (QED) is 0.160. The number of aromatic nitrogens is 2. The van der Waals surface area contributed by atoms with E-state index in [0.717, 1.165) is 89.1 Å². The zero-order valence-electron chi connectivity index (χ0n) is 32.5. The van der Waals surface area contributed by atoms with Crippen molar-refractivity contribution in [2.75, 3.05) is 0 Å². The Kier molecular flexibility index (Phi) is 8.45. The first-order chi connectivity index (χ1) is 29.1. The summed E-state index contributed by atoms with van der Waals surface area (Å²) >= 11 is 0. The highest BCUT2D eigenvalue weighted by atomic mass is 19.4. The molecule has 0 radical (unpaired) electrons. The van der Waals surface area contributed by atoms with Gasteiger partial charge in [-0.25, -0.2) is 4.85 Å². The van der Waals surface area contributed by atoms with E-state index in [1.165, 1.54) is 6.07 Å². The monoisotopic (exact) mass is 782 g/mol. The average molecular weight is 783 g/mol. The second kappa shape index (κ2) is 13.9. The third kappa shape index (κ3) is 5.74. The molecule has 0 amide bonds. The van der Waals surface area contributed by atoms with Crippen LogP contribution in [0.4, 0.5) is 18.9 Å². The van der Waals surface area contributed by atoms with E-state index in [0.29, 0.717) is 16.9 Å². The van der Waals surface area contributed by atoms with Crippen LogP contribution in [0, 0.1) is 31.8 Å². The van der Waals surface area contributed by atoms with Gasteiger partial charge in [0.15, 0.2) is 5.69 Å². The molecule has 7 heteroatoms. The second-order valence-corrected chi connectivity index (χ2v) is 15.1. The van der Waals surface area contributed by atoms with E-state index in [1.807, 2.05) is 66.7 Å². The number of nitrogens with zero attached hydrogens (tertiary/aromatic N) is 4. The van der Waals surface area contributed by atoms with Gasteiger partial charge in [-0.15, -0.1) is 0 Å². The molecule has 0 aliphatic rings. The van der Waals surface area contributed by atoms with Crippen molar-refractivity contribution < 1.29 is 13.2 Å². The van der Waals surface area contributed by atoms with Crippen LogP contribution in [0.1, 0.15) is 22.3 Å². The van der Waals surface area contributed by atoms with Crippen molar-refractivity contribution in [3.05, 3.63) is 197 Å². The largest absolute Gasteiger partial charge is 0.416 e. The third-order valence-corrected chi connectivity index (χ3v) is 11.7. The van der Waals surface area contributed by atoms with Gasteiger partial charge in [0.05, 0.1) is 57.2 Å². The highest BCUT2D eigenvalue weighted by Crippen LogP contribution is 2.45. The fourth-order valence-electron chi connectivity index (χ4n) is 8.87. The van der Waals surface area contributed by atoms with Gasteiger partial charge < -0.3 is 9.13 Å². The first-order valence-corrected chi connectivity index (χ1v) is 19.5. The van der Waals surface area contributed by atoms with E-state index in [4.69, 9.17) is 6.57 Å². The van der Waals surface area contributed by atoms with Crippen molar-refractivity contribution in [1.82, 2.24) is 9.13 Å². The maximum atomic E-state index is 13.9. The van der Waals surface area contributed by atoms with Crippen LogP contribution >= 0.6 is 0 Å². The Morgan fingerprint density at radius 2 is 0.983 bits per heavy atom.